The molecule has 0 aliphatic carbocycles. The lowest BCUT2D eigenvalue weighted by atomic mass is 9.88. The lowest BCUT2D eigenvalue weighted by Crippen LogP contribution is -2.74. The van der Waals surface area contributed by atoms with Crippen LogP contribution in [0.1, 0.15) is 56.9 Å². The number of allylic oxidation sites excluding steroid dienone is 1. The zero-order valence-electron chi connectivity index (χ0n) is 35.9. The number of ether oxygens (including phenoxy) is 1. The van der Waals surface area contributed by atoms with Crippen LogP contribution in [0.25, 0.3) is 0 Å². The number of benzene rings is 2. The van der Waals surface area contributed by atoms with Gasteiger partial charge in [-0.3, -0.25) is 10.1 Å². The summed E-state index contributed by atoms with van der Waals surface area (Å²) < 4.78 is 296. The van der Waals surface area contributed by atoms with Gasteiger partial charge in [0.2, 0.25) is 20.0 Å². The number of unbranched alkanes of at least 4 members (excludes halogenated alkanes) is 6. The monoisotopic (exact) mass is 1070 g/mol. The Labute approximate surface area is 384 Å². The van der Waals surface area contributed by atoms with Crippen molar-refractivity contribution in [2.24, 2.45) is 0 Å². The number of halogens is 17. The average molecular weight is 1070 g/mol. The summed E-state index contributed by atoms with van der Waals surface area (Å²) in [5.41, 5.74) is -0.914. The van der Waals surface area contributed by atoms with E-state index in [-0.39, 0.29) is 17.3 Å². The first kappa shape index (κ1) is 60.6. The number of sulfonamides is 2. The van der Waals surface area contributed by atoms with Crippen molar-refractivity contribution in [2.45, 2.75) is 116 Å². The molecule has 0 radical (unpaired) electrons. The molecule has 0 saturated heterocycles. The maximum atomic E-state index is 15.0. The second-order valence-corrected chi connectivity index (χ2v) is 19.1. The van der Waals surface area contributed by atoms with Crippen LogP contribution in [0.3, 0.4) is 0 Å². The van der Waals surface area contributed by atoms with E-state index in [1.807, 2.05) is 0 Å². The number of nitro groups is 1. The zero-order chi connectivity index (χ0) is 53.3. The van der Waals surface area contributed by atoms with Gasteiger partial charge in [-0.1, -0.05) is 68.2 Å². The Bertz CT molecular complexity index is 2330. The molecule has 0 fully saturated rings. The average Bonchev–Trinajstić information content (AvgIpc) is 3.24. The van der Waals surface area contributed by atoms with Gasteiger partial charge in [0.1, 0.15) is 6.61 Å². The van der Waals surface area contributed by atoms with Crippen LogP contribution >= 0.6 is 0 Å². The molecule has 0 aliphatic heterocycles. The summed E-state index contributed by atoms with van der Waals surface area (Å²) in [4.78, 5) is 9.20. The molecule has 0 aromatic heterocycles. The van der Waals surface area contributed by atoms with Crippen molar-refractivity contribution in [1.82, 2.24) is 8.61 Å². The van der Waals surface area contributed by atoms with Gasteiger partial charge in [0, 0.05) is 38.7 Å². The van der Waals surface area contributed by atoms with Gasteiger partial charge >= 0.3 is 47.6 Å². The first-order valence-corrected chi connectivity index (χ1v) is 22.8. The first-order valence-electron chi connectivity index (χ1n) is 19.9. The highest BCUT2D eigenvalue weighted by Crippen LogP contribution is 2.64. The molecule has 0 saturated carbocycles. The third-order valence-corrected chi connectivity index (χ3v) is 13.8. The number of alkyl halides is 17. The van der Waals surface area contributed by atoms with Gasteiger partial charge in [-0.15, -0.1) is 6.58 Å². The summed E-state index contributed by atoms with van der Waals surface area (Å²) in [7, 11) is -9.87. The Balaban J connectivity index is 2.40. The molecule has 2 rings (SSSR count). The third-order valence-electron chi connectivity index (χ3n) is 10.1. The van der Waals surface area contributed by atoms with Crippen LogP contribution in [0.15, 0.2) is 95.5 Å². The van der Waals surface area contributed by atoms with Crippen LogP contribution in [-0.2, 0) is 24.8 Å². The van der Waals surface area contributed by atoms with Gasteiger partial charge in [-0.05, 0) is 56.0 Å². The molecule has 10 nitrogen and oxygen atoms in total. The van der Waals surface area contributed by atoms with Crippen LogP contribution < -0.4 is 0 Å². The number of hydrogen-bond donors (Lipinski definition) is 0. The molecule has 392 valence electrons. The highest BCUT2D eigenvalue weighted by molar-refractivity contribution is 7.89. The number of rotatable bonds is 30. The van der Waals surface area contributed by atoms with Crippen molar-refractivity contribution in [3.05, 3.63) is 101 Å². The van der Waals surface area contributed by atoms with E-state index in [1.54, 1.807) is 6.08 Å². The smallest absolute Gasteiger partial charge is 0.460 e. The fourth-order valence-electron chi connectivity index (χ4n) is 6.01. The van der Waals surface area contributed by atoms with E-state index in [4.69, 9.17) is 4.74 Å². The largest absolute Gasteiger partial charge is 0.497 e. The van der Waals surface area contributed by atoms with Gasteiger partial charge in [0.15, 0.2) is 4.90 Å². The number of aryl methyl sites for hydroxylation is 1. The second-order valence-electron chi connectivity index (χ2n) is 15.3. The van der Waals surface area contributed by atoms with Crippen molar-refractivity contribution in [2.75, 3.05) is 32.8 Å². The predicted octanol–water partition coefficient (Wildman–Crippen LogP) is 12.0. The fourth-order valence-corrected chi connectivity index (χ4v) is 9.06. The minimum Gasteiger partial charge on any atom is -0.497 e. The number of nitro benzene ring substituents is 1. The quantitative estimate of drug-likeness (QED) is 0.0190. The summed E-state index contributed by atoms with van der Waals surface area (Å²) in [6.07, 6.45) is -2.50. The molecule has 2 aromatic rings. The molecular formula is C40H44F17N3O7S2. The Hall–Kier alpha value is -4.51. The molecule has 2 aromatic carbocycles. The Kier molecular flexibility index (Phi) is 19.9. The van der Waals surface area contributed by atoms with Crippen molar-refractivity contribution >= 4 is 25.7 Å². The molecule has 0 spiro atoms. The van der Waals surface area contributed by atoms with Gasteiger partial charge < -0.3 is 4.74 Å². The van der Waals surface area contributed by atoms with Crippen LogP contribution in [0.2, 0.25) is 0 Å². The molecule has 0 bridgehead atoms. The number of nitrogens with zero attached hydrogens (tertiary/aromatic N) is 3. The van der Waals surface area contributed by atoms with E-state index in [9.17, 15) is 102 Å². The highest BCUT2D eigenvalue weighted by atomic mass is 32.2. The lowest BCUT2D eigenvalue weighted by molar-refractivity contribution is -0.461. The summed E-state index contributed by atoms with van der Waals surface area (Å²) in [5.74, 6) is -58.2. The summed E-state index contributed by atoms with van der Waals surface area (Å²) in [6, 6.07) is 8.20. The van der Waals surface area contributed by atoms with E-state index in [0.29, 0.717) is 18.4 Å². The summed E-state index contributed by atoms with van der Waals surface area (Å²) in [6.45, 7) is 3.42. The van der Waals surface area contributed by atoms with Gasteiger partial charge in [-0.25, -0.2) is 16.8 Å². The van der Waals surface area contributed by atoms with Crippen LogP contribution in [-0.4, -0.2) is 111 Å². The van der Waals surface area contributed by atoms with Gasteiger partial charge in [0.25, 0.3) is 5.69 Å². The molecule has 0 atom stereocenters. The van der Waals surface area contributed by atoms with Crippen LogP contribution in [0.4, 0.5) is 80.3 Å². The molecule has 0 unspecified atom stereocenters. The van der Waals surface area contributed by atoms with Crippen molar-refractivity contribution in [3.63, 3.8) is 0 Å². The van der Waals surface area contributed by atoms with Crippen molar-refractivity contribution < 1.29 is 101 Å². The van der Waals surface area contributed by atoms with E-state index >= 15 is 0 Å². The zero-order valence-corrected chi connectivity index (χ0v) is 37.5. The molecule has 0 aliphatic rings. The SMILES string of the molecule is C=CCCCCCCCCN(C/C=C\OCC(=C)CN(CCC(F)(F)C(F)(F)C(F)(F)C(F)(F)C(F)(F)C(F)(F)C(F)(F)C(F)(F)F)S(=O)(=O)c1ccc(C)cc1)S(=O)(=O)c1ccccc1[N+](=O)[O-]. The van der Waals surface area contributed by atoms with E-state index in [2.05, 4.69) is 13.2 Å². The number of hydrogen-bond acceptors (Lipinski definition) is 7. The Morgan fingerprint density at radius 2 is 1.16 bits per heavy atom. The topological polar surface area (TPSA) is 127 Å². The maximum Gasteiger partial charge on any atom is 0.460 e. The summed E-state index contributed by atoms with van der Waals surface area (Å²) >= 11 is 0. The van der Waals surface area contributed by atoms with E-state index in [1.165, 1.54) is 19.1 Å². The minimum absolute atomic E-state index is 0.167. The van der Waals surface area contributed by atoms with Gasteiger partial charge in [-0.2, -0.15) is 83.2 Å². The molecule has 29 heteroatoms. The van der Waals surface area contributed by atoms with Crippen LogP contribution in [0.5, 0.6) is 0 Å². The lowest BCUT2D eigenvalue weighted by Gasteiger charge is -2.43. The predicted molar refractivity (Wildman–Crippen MR) is 214 cm³/mol. The van der Waals surface area contributed by atoms with E-state index < -0.39 is 126 Å². The molecule has 0 N–H and O–H groups in total. The summed E-state index contributed by atoms with van der Waals surface area (Å²) in [5, 5.41) is 11.6. The normalized spacial score (nSPS) is 14.2. The van der Waals surface area contributed by atoms with Crippen LogP contribution in [0, 0.1) is 17.0 Å². The molecular weight excluding hydrogens is 1020 g/mol. The van der Waals surface area contributed by atoms with Gasteiger partial charge in [0.05, 0.1) is 16.1 Å². The van der Waals surface area contributed by atoms with E-state index in [0.717, 1.165) is 78.7 Å². The standard InChI is InChI=1S/C40H44F17N3O7S2/c1-4-5-6-7-8-9-10-13-22-58(69(65,66)32-16-12-11-15-31(32)60(61)62)23-14-25-67-27-29(3)26-59(68(63,64)30-19-17-28(2)18-20-30)24-21-33(41,42)34(43,44)35(45,46)36(47,48)37(49,50)38(51,52)39(53,54)40(55,56)57/h4,11-12,14-20,25H,1,3,5-10,13,21-24,26-27H2,2H3/b25-14-. The Morgan fingerprint density at radius 1 is 0.667 bits per heavy atom. The third kappa shape index (κ3) is 13.1. The second kappa shape index (κ2) is 22.7. The minimum atomic E-state index is -8.84. The van der Waals surface area contributed by atoms with Crippen molar-refractivity contribution in [1.29, 1.82) is 0 Å². The number of para-hydroxylation sites is 1. The molecule has 0 heterocycles. The fraction of sp³-hybridized carbons (Fsp3) is 0.550. The first-order chi connectivity index (χ1) is 31.3. The maximum absolute atomic E-state index is 15.0. The Morgan fingerprint density at radius 3 is 1.68 bits per heavy atom. The van der Waals surface area contributed by atoms with Crippen molar-refractivity contribution in [3.8, 4) is 0 Å². The molecule has 69 heavy (non-hydrogen) atoms. The molecule has 0 amide bonds. The highest BCUT2D eigenvalue weighted by Gasteiger charge is 2.95.